The van der Waals surface area contributed by atoms with E-state index < -0.39 is 6.10 Å². The first-order chi connectivity index (χ1) is 8.22. The van der Waals surface area contributed by atoms with Gasteiger partial charge < -0.3 is 14.6 Å². The largest absolute Gasteiger partial charge is 0.496 e. The van der Waals surface area contributed by atoms with Gasteiger partial charge in [-0.3, -0.25) is 0 Å². The van der Waals surface area contributed by atoms with Gasteiger partial charge in [0.15, 0.2) is 0 Å². The van der Waals surface area contributed by atoms with E-state index in [0.717, 1.165) is 36.3 Å². The van der Waals surface area contributed by atoms with Crippen LogP contribution in [0, 0.1) is 12.8 Å². The van der Waals surface area contributed by atoms with Crippen LogP contribution in [0.15, 0.2) is 18.2 Å². The smallest absolute Gasteiger partial charge is 0.122 e. The van der Waals surface area contributed by atoms with Crippen LogP contribution >= 0.6 is 0 Å². The lowest BCUT2D eigenvalue weighted by Crippen LogP contribution is -2.23. The molecule has 0 radical (unpaired) electrons. The maximum atomic E-state index is 10.3. The Morgan fingerprint density at radius 2 is 2.29 bits per heavy atom. The third kappa shape index (κ3) is 2.79. The number of hydrogen-bond acceptors (Lipinski definition) is 3. The Morgan fingerprint density at radius 1 is 1.47 bits per heavy atom. The van der Waals surface area contributed by atoms with Gasteiger partial charge in [0.2, 0.25) is 0 Å². The maximum Gasteiger partial charge on any atom is 0.122 e. The van der Waals surface area contributed by atoms with Gasteiger partial charge in [-0.15, -0.1) is 0 Å². The number of benzene rings is 1. The summed E-state index contributed by atoms with van der Waals surface area (Å²) in [5.41, 5.74) is 2.01. The van der Waals surface area contributed by atoms with E-state index in [1.165, 1.54) is 0 Å². The molecule has 1 heterocycles. The zero-order valence-electron chi connectivity index (χ0n) is 10.5. The van der Waals surface area contributed by atoms with Crippen LogP contribution in [0.5, 0.6) is 5.75 Å². The number of hydrogen-bond donors (Lipinski definition) is 1. The van der Waals surface area contributed by atoms with E-state index in [-0.39, 0.29) is 5.92 Å². The van der Waals surface area contributed by atoms with Crippen LogP contribution in [-0.2, 0) is 4.74 Å². The molecular formula is C14H20O3. The molecule has 0 amide bonds. The summed E-state index contributed by atoms with van der Waals surface area (Å²) in [7, 11) is 1.65. The minimum Gasteiger partial charge on any atom is -0.496 e. The van der Waals surface area contributed by atoms with Crippen LogP contribution in [0.4, 0.5) is 0 Å². The Labute approximate surface area is 102 Å². The van der Waals surface area contributed by atoms with Crippen molar-refractivity contribution in [3.8, 4) is 5.75 Å². The first kappa shape index (κ1) is 12.4. The second-order valence-corrected chi connectivity index (χ2v) is 4.65. The number of ether oxygens (including phenoxy) is 2. The minimum atomic E-state index is -0.454. The van der Waals surface area contributed by atoms with Crippen LogP contribution in [-0.4, -0.2) is 25.4 Å². The van der Waals surface area contributed by atoms with Crippen LogP contribution in [0.25, 0.3) is 0 Å². The molecule has 3 heteroatoms. The van der Waals surface area contributed by atoms with Gasteiger partial charge in [0.05, 0.1) is 19.8 Å². The molecule has 1 aromatic carbocycles. The second-order valence-electron chi connectivity index (χ2n) is 4.65. The molecule has 0 saturated carbocycles. The zero-order valence-corrected chi connectivity index (χ0v) is 10.5. The highest BCUT2D eigenvalue weighted by Gasteiger charge is 2.24. The van der Waals surface area contributed by atoms with E-state index in [2.05, 4.69) is 0 Å². The number of aliphatic hydroxyl groups excluding tert-OH is 1. The van der Waals surface area contributed by atoms with Crippen LogP contribution in [0.3, 0.4) is 0 Å². The molecule has 1 aliphatic rings. The molecule has 1 N–H and O–H groups in total. The number of aryl methyl sites for hydroxylation is 1. The molecular weight excluding hydrogens is 216 g/mol. The Kier molecular flexibility index (Phi) is 4.02. The summed E-state index contributed by atoms with van der Waals surface area (Å²) in [6.45, 7) is 3.47. The first-order valence-corrected chi connectivity index (χ1v) is 6.12. The Hall–Kier alpha value is -1.06. The molecule has 2 atom stereocenters. The summed E-state index contributed by atoms with van der Waals surface area (Å²) in [5.74, 6) is 1.04. The van der Waals surface area contributed by atoms with Crippen molar-refractivity contribution in [2.24, 2.45) is 5.92 Å². The first-order valence-electron chi connectivity index (χ1n) is 6.12. The molecule has 0 spiro atoms. The fourth-order valence-corrected chi connectivity index (χ4v) is 2.31. The lowest BCUT2D eigenvalue weighted by atomic mass is 9.90. The molecule has 2 unspecified atom stereocenters. The van der Waals surface area contributed by atoms with Gasteiger partial charge in [-0.1, -0.05) is 12.1 Å². The van der Waals surface area contributed by atoms with E-state index in [9.17, 15) is 5.11 Å². The molecule has 3 nitrogen and oxygen atoms in total. The van der Waals surface area contributed by atoms with Crippen molar-refractivity contribution in [2.45, 2.75) is 25.9 Å². The third-order valence-corrected chi connectivity index (χ3v) is 3.42. The Bertz CT molecular complexity index is 370. The standard InChI is InChI=1S/C14H20O3/c1-10-5-6-11(8-13(10)16-2)14(15)12-4-3-7-17-9-12/h5-6,8,12,14-15H,3-4,7,9H2,1-2H3. The van der Waals surface area contributed by atoms with Gasteiger partial charge in [0, 0.05) is 12.5 Å². The highest BCUT2D eigenvalue weighted by molar-refractivity contribution is 5.37. The molecule has 1 aromatic rings. The molecule has 2 rings (SSSR count). The van der Waals surface area contributed by atoms with E-state index in [4.69, 9.17) is 9.47 Å². The average molecular weight is 236 g/mol. The van der Waals surface area contributed by atoms with E-state index >= 15 is 0 Å². The average Bonchev–Trinajstić information content (AvgIpc) is 2.39. The van der Waals surface area contributed by atoms with Gasteiger partial charge in [-0.25, -0.2) is 0 Å². The molecule has 0 aliphatic carbocycles. The maximum absolute atomic E-state index is 10.3. The van der Waals surface area contributed by atoms with Gasteiger partial charge in [-0.2, -0.15) is 0 Å². The van der Waals surface area contributed by atoms with Crippen molar-refractivity contribution >= 4 is 0 Å². The fourth-order valence-electron chi connectivity index (χ4n) is 2.31. The minimum absolute atomic E-state index is 0.205. The van der Waals surface area contributed by atoms with Gasteiger partial charge >= 0.3 is 0 Å². The molecule has 0 bridgehead atoms. The number of rotatable bonds is 3. The zero-order chi connectivity index (χ0) is 12.3. The lowest BCUT2D eigenvalue weighted by molar-refractivity contribution is -0.0100. The monoisotopic (exact) mass is 236 g/mol. The second kappa shape index (κ2) is 5.52. The molecule has 1 fully saturated rings. The van der Waals surface area contributed by atoms with E-state index in [1.54, 1.807) is 7.11 Å². The quantitative estimate of drug-likeness (QED) is 0.876. The van der Waals surface area contributed by atoms with Gasteiger partial charge in [0.25, 0.3) is 0 Å². The fraction of sp³-hybridized carbons (Fsp3) is 0.571. The summed E-state index contributed by atoms with van der Waals surface area (Å²) in [5, 5.41) is 10.3. The summed E-state index contributed by atoms with van der Waals surface area (Å²) < 4.78 is 10.7. The van der Waals surface area contributed by atoms with Crippen molar-refractivity contribution in [1.82, 2.24) is 0 Å². The molecule has 17 heavy (non-hydrogen) atoms. The third-order valence-electron chi connectivity index (χ3n) is 3.42. The van der Waals surface area contributed by atoms with Gasteiger partial charge in [0.1, 0.15) is 5.75 Å². The van der Waals surface area contributed by atoms with Crippen molar-refractivity contribution in [2.75, 3.05) is 20.3 Å². The summed E-state index contributed by atoms with van der Waals surface area (Å²) in [6, 6.07) is 5.88. The van der Waals surface area contributed by atoms with Crippen LogP contribution in [0.1, 0.15) is 30.1 Å². The Balaban J connectivity index is 2.15. The van der Waals surface area contributed by atoms with Crippen molar-refractivity contribution in [3.63, 3.8) is 0 Å². The van der Waals surface area contributed by atoms with Crippen molar-refractivity contribution in [1.29, 1.82) is 0 Å². The van der Waals surface area contributed by atoms with E-state index in [0.29, 0.717) is 6.61 Å². The van der Waals surface area contributed by atoms with E-state index in [1.807, 2.05) is 25.1 Å². The summed E-state index contributed by atoms with van der Waals surface area (Å²) in [4.78, 5) is 0. The summed E-state index contributed by atoms with van der Waals surface area (Å²) in [6.07, 6.45) is 1.60. The van der Waals surface area contributed by atoms with Crippen molar-refractivity contribution in [3.05, 3.63) is 29.3 Å². The topological polar surface area (TPSA) is 38.7 Å². The molecule has 0 aromatic heterocycles. The highest BCUT2D eigenvalue weighted by Crippen LogP contribution is 2.31. The normalized spacial score (nSPS) is 22.2. The lowest BCUT2D eigenvalue weighted by Gasteiger charge is -2.27. The molecule has 94 valence electrons. The number of aliphatic hydroxyl groups is 1. The van der Waals surface area contributed by atoms with Crippen molar-refractivity contribution < 1.29 is 14.6 Å². The molecule has 1 saturated heterocycles. The Morgan fingerprint density at radius 3 is 2.94 bits per heavy atom. The predicted octanol–water partition coefficient (Wildman–Crippen LogP) is 2.46. The molecule has 1 aliphatic heterocycles. The van der Waals surface area contributed by atoms with Gasteiger partial charge in [-0.05, 0) is 37.0 Å². The summed E-state index contributed by atoms with van der Waals surface area (Å²) >= 11 is 0. The predicted molar refractivity (Wildman–Crippen MR) is 66.2 cm³/mol. The highest BCUT2D eigenvalue weighted by atomic mass is 16.5. The van der Waals surface area contributed by atoms with Crippen LogP contribution < -0.4 is 4.74 Å². The number of methoxy groups -OCH3 is 1. The SMILES string of the molecule is COc1cc(C(O)C2CCCOC2)ccc1C. The van der Waals surface area contributed by atoms with Crippen LogP contribution in [0.2, 0.25) is 0 Å².